The van der Waals surface area contributed by atoms with Crippen molar-refractivity contribution in [2.75, 3.05) is 0 Å². The molecule has 0 aromatic carbocycles. The van der Waals surface area contributed by atoms with E-state index in [1.807, 2.05) is 0 Å². The van der Waals surface area contributed by atoms with Gasteiger partial charge in [0.05, 0.1) is 0 Å². The summed E-state index contributed by atoms with van der Waals surface area (Å²) in [5, 5.41) is 0. The van der Waals surface area contributed by atoms with Crippen molar-refractivity contribution in [3.63, 3.8) is 0 Å². The van der Waals surface area contributed by atoms with Crippen molar-refractivity contribution in [1.29, 1.82) is 0 Å². The van der Waals surface area contributed by atoms with Gasteiger partial charge in [0.1, 0.15) is 0 Å². The first kappa shape index (κ1) is 4.60. The fourth-order valence-electron chi connectivity index (χ4n) is 1.90. The van der Waals surface area contributed by atoms with Crippen LogP contribution in [0, 0.1) is 11.8 Å². The smallest absolute Gasteiger partial charge is 0.00154 e. The molecule has 2 rings (SSSR count). The minimum absolute atomic E-state index is 0.936. The third kappa shape index (κ3) is 0.410. The number of hydrogen-bond donors (Lipinski definition) is 0. The molecule has 0 heteroatoms. The summed E-state index contributed by atoms with van der Waals surface area (Å²) in [5.74, 6) is 1.92. The van der Waals surface area contributed by atoms with Gasteiger partial charge in [-0.15, -0.1) is 0 Å². The topological polar surface area (TPSA) is 0 Å². The van der Waals surface area contributed by atoms with Crippen LogP contribution in [0.25, 0.3) is 0 Å². The van der Waals surface area contributed by atoms with Crippen LogP contribution in [0.4, 0.5) is 0 Å². The highest BCUT2D eigenvalue weighted by Crippen LogP contribution is 2.52. The molecule has 0 atom stereocenters. The second kappa shape index (κ2) is 1.18. The molecule has 0 nitrogen and oxygen atoms in total. The van der Waals surface area contributed by atoms with Crippen molar-refractivity contribution in [1.82, 2.24) is 0 Å². The van der Waals surface area contributed by atoms with Crippen LogP contribution in [0.1, 0.15) is 26.7 Å². The molecule has 2 aliphatic carbocycles. The summed E-state index contributed by atoms with van der Waals surface area (Å²) in [6.45, 7) is 4.68. The van der Waals surface area contributed by atoms with Gasteiger partial charge in [-0.25, -0.2) is 0 Å². The fraction of sp³-hybridized carbons (Fsp3) is 0.750. The van der Waals surface area contributed by atoms with Crippen LogP contribution in [0.5, 0.6) is 0 Å². The van der Waals surface area contributed by atoms with Gasteiger partial charge in [0.2, 0.25) is 0 Å². The molecule has 0 spiro atoms. The van der Waals surface area contributed by atoms with E-state index in [1.54, 1.807) is 11.1 Å². The van der Waals surface area contributed by atoms with E-state index < -0.39 is 0 Å². The first-order valence-electron chi connectivity index (χ1n) is 3.51. The van der Waals surface area contributed by atoms with Gasteiger partial charge in [0.25, 0.3) is 0 Å². The SMILES string of the molecule is CC1CC2=C(C1)C2C. The predicted molar refractivity (Wildman–Crippen MR) is 34.6 cm³/mol. The van der Waals surface area contributed by atoms with Crippen molar-refractivity contribution in [2.24, 2.45) is 11.8 Å². The highest BCUT2D eigenvalue weighted by atomic mass is 14.4. The maximum absolute atomic E-state index is 2.35. The van der Waals surface area contributed by atoms with Crippen LogP contribution >= 0.6 is 0 Å². The molecule has 0 heterocycles. The molecule has 0 fully saturated rings. The lowest BCUT2D eigenvalue weighted by Crippen LogP contribution is -1.93. The zero-order chi connectivity index (χ0) is 5.72. The molecule has 0 aromatic rings. The minimum atomic E-state index is 0.936. The van der Waals surface area contributed by atoms with E-state index in [0.29, 0.717) is 0 Å². The Bertz CT molecular complexity index is 137. The normalized spacial score (nSPS) is 29.2. The van der Waals surface area contributed by atoms with Gasteiger partial charge in [-0.3, -0.25) is 0 Å². The lowest BCUT2D eigenvalue weighted by atomic mass is 9.99. The zero-order valence-corrected chi connectivity index (χ0v) is 5.57. The molecule has 2 aliphatic rings. The van der Waals surface area contributed by atoms with Crippen molar-refractivity contribution >= 4 is 0 Å². The monoisotopic (exact) mass is 108 g/mol. The number of hydrogen-bond acceptors (Lipinski definition) is 0. The Morgan fingerprint density at radius 1 is 1.12 bits per heavy atom. The van der Waals surface area contributed by atoms with Crippen LogP contribution in [0.2, 0.25) is 0 Å². The summed E-state index contributed by atoms with van der Waals surface area (Å²) in [5.41, 5.74) is 3.58. The quantitative estimate of drug-likeness (QED) is 0.418. The highest BCUT2D eigenvalue weighted by molar-refractivity contribution is 5.43. The predicted octanol–water partition coefficient (Wildman–Crippen LogP) is 2.36. The lowest BCUT2D eigenvalue weighted by Gasteiger charge is -2.05. The van der Waals surface area contributed by atoms with E-state index >= 15 is 0 Å². The van der Waals surface area contributed by atoms with Gasteiger partial charge >= 0.3 is 0 Å². The maximum atomic E-state index is 2.35. The van der Waals surface area contributed by atoms with Gasteiger partial charge in [-0.05, 0) is 24.7 Å². The van der Waals surface area contributed by atoms with E-state index in [0.717, 1.165) is 11.8 Å². The molecule has 0 bridgehead atoms. The average Bonchev–Trinajstić information content (AvgIpc) is 2.29. The Kier molecular flexibility index (Phi) is 0.677. The Balaban J connectivity index is 2.08. The molecule has 0 saturated heterocycles. The summed E-state index contributed by atoms with van der Waals surface area (Å²) in [7, 11) is 0. The Morgan fingerprint density at radius 2 is 1.62 bits per heavy atom. The summed E-state index contributed by atoms with van der Waals surface area (Å²) < 4.78 is 0. The highest BCUT2D eigenvalue weighted by Gasteiger charge is 2.38. The number of allylic oxidation sites excluding steroid dienone is 2. The summed E-state index contributed by atoms with van der Waals surface area (Å²) in [4.78, 5) is 0. The van der Waals surface area contributed by atoms with Crippen LogP contribution in [0.3, 0.4) is 0 Å². The molecule has 0 N–H and O–H groups in total. The molecule has 0 amide bonds. The Hall–Kier alpha value is -0.260. The van der Waals surface area contributed by atoms with Crippen LogP contribution < -0.4 is 0 Å². The molecule has 0 aliphatic heterocycles. The van der Waals surface area contributed by atoms with Crippen LogP contribution in [-0.4, -0.2) is 0 Å². The molecular weight excluding hydrogens is 96.1 g/mol. The summed E-state index contributed by atoms with van der Waals surface area (Å²) in [6, 6.07) is 0. The van der Waals surface area contributed by atoms with E-state index in [1.165, 1.54) is 12.8 Å². The first-order chi connectivity index (χ1) is 3.79. The maximum Gasteiger partial charge on any atom is -0.00154 e. The molecule has 0 radical (unpaired) electrons. The lowest BCUT2D eigenvalue weighted by molar-refractivity contribution is 0.566. The van der Waals surface area contributed by atoms with Gasteiger partial charge in [-0.1, -0.05) is 25.0 Å². The molecule has 8 heavy (non-hydrogen) atoms. The van der Waals surface area contributed by atoms with Gasteiger partial charge < -0.3 is 0 Å². The zero-order valence-electron chi connectivity index (χ0n) is 5.57. The number of rotatable bonds is 0. The average molecular weight is 108 g/mol. The minimum Gasteiger partial charge on any atom is -0.0632 e. The molecular formula is C8H12. The van der Waals surface area contributed by atoms with Crippen molar-refractivity contribution < 1.29 is 0 Å². The van der Waals surface area contributed by atoms with Gasteiger partial charge in [-0.2, -0.15) is 0 Å². The molecule has 0 unspecified atom stereocenters. The van der Waals surface area contributed by atoms with Crippen molar-refractivity contribution in [2.45, 2.75) is 26.7 Å². The third-order valence-corrected chi connectivity index (χ3v) is 2.51. The largest absolute Gasteiger partial charge is 0.0632 e. The van der Waals surface area contributed by atoms with Crippen molar-refractivity contribution in [3.8, 4) is 0 Å². The third-order valence-electron chi connectivity index (χ3n) is 2.51. The fourth-order valence-corrected chi connectivity index (χ4v) is 1.90. The van der Waals surface area contributed by atoms with Gasteiger partial charge in [0.15, 0.2) is 0 Å². The molecule has 0 aromatic heterocycles. The van der Waals surface area contributed by atoms with E-state index in [4.69, 9.17) is 0 Å². The first-order valence-corrected chi connectivity index (χ1v) is 3.51. The van der Waals surface area contributed by atoms with E-state index in [-0.39, 0.29) is 0 Å². The molecule has 44 valence electrons. The second-order valence-electron chi connectivity index (χ2n) is 3.29. The van der Waals surface area contributed by atoms with Gasteiger partial charge in [0, 0.05) is 0 Å². The van der Waals surface area contributed by atoms with Crippen molar-refractivity contribution in [3.05, 3.63) is 11.1 Å². The van der Waals surface area contributed by atoms with Crippen LogP contribution in [0.15, 0.2) is 11.1 Å². The molecule has 0 saturated carbocycles. The van der Waals surface area contributed by atoms with E-state index in [9.17, 15) is 0 Å². The Labute approximate surface area is 50.6 Å². The summed E-state index contributed by atoms with van der Waals surface area (Å²) >= 11 is 0. The van der Waals surface area contributed by atoms with Crippen LogP contribution in [-0.2, 0) is 0 Å². The Morgan fingerprint density at radius 3 is 2.00 bits per heavy atom. The summed E-state index contributed by atoms with van der Waals surface area (Å²) in [6.07, 6.45) is 2.83. The second-order valence-corrected chi connectivity index (χ2v) is 3.29. The van der Waals surface area contributed by atoms with E-state index in [2.05, 4.69) is 13.8 Å². The standard InChI is InChI=1S/C8H12/c1-5-3-7-6(2)8(7)4-5/h5-6H,3-4H2,1-2H3.